The first kappa shape index (κ1) is 19.7. The van der Waals surface area contributed by atoms with Crippen LogP contribution in [0.25, 0.3) is 0 Å². The van der Waals surface area contributed by atoms with Crippen LogP contribution in [0.15, 0.2) is 28.9 Å². The number of hydrogen-bond donors (Lipinski definition) is 2. The van der Waals surface area contributed by atoms with Crippen molar-refractivity contribution in [2.75, 3.05) is 11.9 Å². The lowest BCUT2D eigenvalue weighted by Gasteiger charge is -2.16. The summed E-state index contributed by atoms with van der Waals surface area (Å²) in [4.78, 5) is 36.3. The molecule has 0 radical (unpaired) electrons. The fraction of sp³-hybridized carbons (Fsp3) is 0.389. The number of ether oxygens (including phenoxy) is 1. The van der Waals surface area contributed by atoms with Gasteiger partial charge in [-0.2, -0.15) is 0 Å². The Labute approximate surface area is 155 Å². The zero-order chi connectivity index (χ0) is 19.3. The molecule has 7 nitrogen and oxygen atoms in total. The van der Waals surface area contributed by atoms with Crippen LogP contribution in [0.2, 0.25) is 0 Å². The van der Waals surface area contributed by atoms with Gasteiger partial charge in [0.1, 0.15) is 10.6 Å². The van der Waals surface area contributed by atoms with Gasteiger partial charge in [-0.3, -0.25) is 9.59 Å². The van der Waals surface area contributed by atoms with Crippen molar-refractivity contribution < 1.29 is 23.5 Å². The highest BCUT2D eigenvalue weighted by Crippen LogP contribution is 2.29. The first-order valence-corrected chi connectivity index (χ1v) is 8.86. The molecular formula is C18H22N2O5S. The second-order valence-corrected chi connectivity index (χ2v) is 7.81. The van der Waals surface area contributed by atoms with Gasteiger partial charge in [0.2, 0.25) is 5.91 Å². The maximum Gasteiger partial charge on any atom is 0.349 e. The van der Waals surface area contributed by atoms with E-state index in [4.69, 9.17) is 9.15 Å². The Kier molecular flexibility index (Phi) is 6.20. The fourth-order valence-electron chi connectivity index (χ4n) is 1.89. The number of amides is 2. The molecule has 2 aromatic heterocycles. The van der Waals surface area contributed by atoms with E-state index in [1.165, 1.54) is 6.26 Å². The van der Waals surface area contributed by atoms with Crippen molar-refractivity contribution in [3.63, 3.8) is 0 Å². The predicted octanol–water partition coefficient (Wildman–Crippen LogP) is 3.11. The Morgan fingerprint density at radius 1 is 1.27 bits per heavy atom. The van der Waals surface area contributed by atoms with E-state index in [1.807, 2.05) is 0 Å². The average Bonchev–Trinajstić information content (AvgIpc) is 3.19. The fourth-order valence-corrected chi connectivity index (χ4v) is 2.85. The molecule has 8 heteroatoms. The average molecular weight is 378 g/mol. The van der Waals surface area contributed by atoms with Crippen molar-refractivity contribution in [3.05, 3.63) is 40.7 Å². The maximum absolute atomic E-state index is 12.2. The van der Waals surface area contributed by atoms with Crippen molar-refractivity contribution in [3.8, 4) is 0 Å². The van der Waals surface area contributed by atoms with E-state index in [-0.39, 0.29) is 19.1 Å². The molecule has 0 aromatic carbocycles. The third-order valence-electron chi connectivity index (χ3n) is 3.40. The van der Waals surface area contributed by atoms with E-state index in [0.29, 0.717) is 21.2 Å². The highest BCUT2D eigenvalue weighted by atomic mass is 32.1. The highest BCUT2D eigenvalue weighted by molar-refractivity contribution is 7.18. The van der Waals surface area contributed by atoms with Gasteiger partial charge in [0.15, 0.2) is 6.61 Å². The lowest BCUT2D eigenvalue weighted by Crippen LogP contribution is -2.28. The molecule has 0 aliphatic rings. The second-order valence-electron chi connectivity index (χ2n) is 6.76. The summed E-state index contributed by atoms with van der Waals surface area (Å²) in [5.74, 6) is -0.559. The predicted molar refractivity (Wildman–Crippen MR) is 98.0 cm³/mol. The van der Waals surface area contributed by atoms with Gasteiger partial charge >= 0.3 is 5.97 Å². The van der Waals surface area contributed by atoms with E-state index in [0.717, 1.165) is 11.3 Å². The van der Waals surface area contributed by atoms with E-state index in [9.17, 15) is 14.4 Å². The van der Waals surface area contributed by atoms with Gasteiger partial charge in [-0.05, 0) is 30.7 Å². The number of esters is 1. The molecule has 2 heterocycles. The van der Waals surface area contributed by atoms with Crippen molar-refractivity contribution >= 4 is 34.1 Å². The Morgan fingerprint density at radius 2 is 2.00 bits per heavy atom. The zero-order valence-electron chi connectivity index (χ0n) is 15.2. The molecule has 2 N–H and O–H groups in total. The topological polar surface area (TPSA) is 97.6 Å². The van der Waals surface area contributed by atoms with Crippen molar-refractivity contribution in [2.45, 2.75) is 34.2 Å². The summed E-state index contributed by atoms with van der Waals surface area (Å²) >= 11 is 1.12. The van der Waals surface area contributed by atoms with Crippen LogP contribution in [0.1, 0.15) is 41.8 Å². The molecule has 0 saturated heterocycles. The molecular weight excluding hydrogens is 356 g/mol. The minimum atomic E-state index is -0.600. The lowest BCUT2D eigenvalue weighted by atomic mass is 9.96. The molecule has 0 spiro atoms. The first-order chi connectivity index (χ1) is 12.2. The number of rotatable bonds is 6. The van der Waals surface area contributed by atoms with Gasteiger partial charge in [-0.15, -0.1) is 11.3 Å². The smallest absolute Gasteiger partial charge is 0.349 e. The van der Waals surface area contributed by atoms with Crippen molar-refractivity contribution in [1.82, 2.24) is 5.32 Å². The number of nitrogens with one attached hydrogen (secondary N) is 2. The van der Waals surface area contributed by atoms with Crippen LogP contribution in [-0.2, 0) is 20.9 Å². The molecule has 0 fully saturated rings. The summed E-state index contributed by atoms with van der Waals surface area (Å²) in [5.41, 5.74) is 0.144. The van der Waals surface area contributed by atoms with E-state index in [1.54, 1.807) is 45.9 Å². The van der Waals surface area contributed by atoms with Gasteiger partial charge in [0, 0.05) is 5.41 Å². The van der Waals surface area contributed by atoms with Crippen LogP contribution in [0.5, 0.6) is 0 Å². The summed E-state index contributed by atoms with van der Waals surface area (Å²) < 4.78 is 10.1. The zero-order valence-corrected chi connectivity index (χ0v) is 16.0. The molecule has 0 saturated carbocycles. The van der Waals surface area contributed by atoms with E-state index >= 15 is 0 Å². The standard InChI is InChI=1S/C18H22N2O5S/c1-11-8-14(20-17(23)18(2,3)4)26-15(11)16(22)25-10-13(21)19-9-12-6-5-7-24-12/h5-8H,9-10H2,1-4H3,(H,19,21)(H,20,23). The van der Waals surface area contributed by atoms with Crippen molar-refractivity contribution in [2.24, 2.45) is 5.41 Å². The van der Waals surface area contributed by atoms with E-state index < -0.39 is 17.3 Å². The number of carbonyl (C=O) groups excluding carboxylic acids is 3. The number of furan rings is 1. The Balaban J connectivity index is 1.87. The van der Waals surface area contributed by atoms with Crippen LogP contribution in [0, 0.1) is 12.3 Å². The summed E-state index contributed by atoms with van der Waals surface area (Å²) in [6, 6.07) is 5.16. The third kappa shape index (κ3) is 5.45. The molecule has 2 rings (SSSR count). The van der Waals surface area contributed by atoms with Crippen LogP contribution >= 0.6 is 11.3 Å². The third-order valence-corrected chi connectivity index (χ3v) is 4.53. The molecule has 140 valence electrons. The van der Waals surface area contributed by atoms with Gasteiger partial charge in [-0.25, -0.2) is 4.79 Å². The molecule has 0 atom stereocenters. The number of thiophene rings is 1. The molecule has 2 amide bonds. The van der Waals surface area contributed by atoms with Crippen LogP contribution < -0.4 is 10.6 Å². The maximum atomic E-state index is 12.2. The van der Waals surface area contributed by atoms with Gasteiger partial charge in [0.05, 0.1) is 17.8 Å². The summed E-state index contributed by atoms with van der Waals surface area (Å²) in [7, 11) is 0. The summed E-state index contributed by atoms with van der Waals surface area (Å²) in [5, 5.41) is 5.94. The molecule has 0 aliphatic heterocycles. The Bertz CT molecular complexity index is 787. The van der Waals surface area contributed by atoms with Crippen LogP contribution in [0.4, 0.5) is 5.00 Å². The first-order valence-electron chi connectivity index (χ1n) is 8.05. The second kappa shape index (κ2) is 8.18. The SMILES string of the molecule is Cc1cc(NC(=O)C(C)(C)C)sc1C(=O)OCC(=O)NCc1ccco1. The number of anilines is 1. The highest BCUT2D eigenvalue weighted by Gasteiger charge is 2.23. The minimum Gasteiger partial charge on any atom is -0.467 e. The molecule has 2 aromatic rings. The minimum absolute atomic E-state index is 0.143. The van der Waals surface area contributed by atoms with Crippen LogP contribution in [-0.4, -0.2) is 24.4 Å². The number of aryl methyl sites for hydroxylation is 1. The molecule has 0 aliphatic carbocycles. The number of carbonyl (C=O) groups is 3. The normalized spacial score (nSPS) is 11.1. The van der Waals surface area contributed by atoms with Gasteiger partial charge < -0.3 is 19.8 Å². The summed E-state index contributed by atoms with van der Waals surface area (Å²) in [6.45, 7) is 7.00. The van der Waals surface area contributed by atoms with Gasteiger partial charge in [-0.1, -0.05) is 20.8 Å². The monoisotopic (exact) mass is 378 g/mol. The quantitative estimate of drug-likeness (QED) is 0.753. The van der Waals surface area contributed by atoms with E-state index in [2.05, 4.69) is 10.6 Å². The summed E-state index contributed by atoms with van der Waals surface area (Å²) in [6.07, 6.45) is 1.51. The largest absolute Gasteiger partial charge is 0.467 e. The Hall–Kier alpha value is -2.61. The molecule has 0 unspecified atom stereocenters. The lowest BCUT2D eigenvalue weighted by molar-refractivity contribution is -0.124. The number of hydrogen-bond acceptors (Lipinski definition) is 6. The van der Waals surface area contributed by atoms with Gasteiger partial charge in [0.25, 0.3) is 5.91 Å². The van der Waals surface area contributed by atoms with Crippen molar-refractivity contribution in [1.29, 1.82) is 0 Å². The van der Waals surface area contributed by atoms with Crippen LogP contribution in [0.3, 0.4) is 0 Å². The Morgan fingerprint density at radius 3 is 2.62 bits per heavy atom. The molecule has 0 bridgehead atoms. The molecule has 26 heavy (non-hydrogen) atoms.